The van der Waals surface area contributed by atoms with Crippen LogP contribution in [0.2, 0.25) is 0 Å². The van der Waals surface area contributed by atoms with Crippen molar-refractivity contribution >= 4 is 16.0 Å². The minimum atomic E-state index is -3.41. The summed E-state index contributed by atoms with van der Waals surface area (Å²) in [5.74, 6) is 0.642. The number of aromatic nitrogens is 3. The van der Waals surface area contributed by atoms with Crippen molar-refractivity contribution in [2.24, 2.45) is 4.99 Å². The maximum Gasteiger partial charge on any atom is 0.220 e. The van der Waals surface area contributed by atoms with E-state index >= 15 is 0 Å². The fourth-order valence-electron chi connectivity index (χ4n) is 2.89. The number of aliphatic imine (C=N–C) groups is 1. The van der Waals surface area contributed by atoms with E-state index in [1.54, 1.807) is 12.3 Å². The molecule has 0 amide bonds. The summed E-state index contributed by atoms with van der Waals surface area (Å²) in [4.78, 5) is 6.75. The summed E-state index contributed by atoms with van der Waals surface area (Å²) in [5, 5.41) is 13.9. The van der Waals surface area contributed by atoms with Gasteiger partial charge >= 0.3 is 0 Å². The Morgan fingerprint density at radius 1 is 1.37 bits per heavy atom. The maximum absolute atomic E-state index is 12.5. The molecule has 148 valence electrons. The van der Waals surface area contributed by atoms with Crippen LogP contribution in [0.25, 0.3) is 0 Å². The molecular formula is C16H25N7O3S. The Balaban J connectivity index is 1.61. The minimum Gasteiger partial charge on any atom is -0.364 e. The molecule has 2 aromatic heterocycles. The Bertz CT molecular complexity index is 852. The van der Waals surface area contributed by atoms with Crippen LogP contribution in [0.15, 0.2) is 28.0 Å². The van der Waals surface area contributed by atoms with Gasteiger partial charge in [-0.1, -0.05) is 5.16 Å². The van der Waals surface area contributed by atoms with E-state index in [0.717, 1.165) is 23.8 Å². The molecule has 3 heterocycles. The van der Waals surface area contributed by atoms with Gasteiger partial charge in [0.25, 0.3) is 0 Å². The van der Waals surface area contributed by atoms with Gasteiger partial charge in [0.05, 0.1) is 18.4 Å². The molecular weight excluding hydrogens is 370 g/mol. The van der Waals surface area contributed by atoms with Crippen molar-refractivity contribution in [3.8, 4) is 0 Å². The average molecular weight is 395 g/mol. The Labute approximate surface area is 158 Å². The zero-order chi connectivity index (χ0) is 19.3. The number of rotatable bonds is 6. The maximum atomic E-state index is 12.5. The van der Waals surface area contributed by atoms with Crippen molar-refractivity contribution in [1.82, 2.24) is 29.9 Å². The number of piperazine rings is 1. The standard InChI is InChI=1S/C16H25N7O3S/c1-3-17-16(18-10-14-11-19-20-13(14)2)22-5-7-23(8-6-22)27(24,25)12-15-4-9-26-21-15/h4,9,11H,3,5-8,10,12H2,1-2H3,(H,17,18)(H,19,20). The third-order valence-electron chi connectivity index (χ3n) is 4.42. The van der Waals surface area contributed by atoms with Gasteiger partial charge in [0.15, 0.2) is 5.96 Å². The summed E-state index contributed by atoms with van der Waals surface area (Å²) in [6.07, 6.45) is 3.15. The quantitative estimate of drug-likeness (QED) is 0.534. The van der Waals surface area contributed by atoms with Crippen molar-refractivity contribution in [2.75, 3.05) is 32.7 Å². The highest BCUT2D eigenvalue weighted by Gasteiger charge is 2.29. The minimum absolute atomic E-state index is 0.141. The predicted molar refractivity (Wildman–Crippen MR) is 100 cm³/mol. The first-order valence-electron chi connectivity index (χ1n) is 8.89. The lowest BCUT2D eigenvalue weighted by Crippen LogP contribution is -2.53. The highest BCUT2D eigenvalue weighted by Crippen LogP contribution is 2.13. The first-order valence-corrected chi connectivity index (χ1v) is 10.5. The van der Waals surface area contributed by atoms with E-state index in [-0.39, 0.29) is 5.75 Å². The molecule has 1 fully saturated rings. The molecule has 0 bridgehead atoms. The van der Waals surface area contributed by atoms with Gasteiger partial charge < -0.3 is 14.7 Å². The predicted octanol–water partition coefficient (Wildman–Crippen LogP) is 0.319. The average Bonchev–Trinajstić information content (AvgIpc) is 3.30. The molecule has 0 spiro atoms. The van der Waals surface area contributed by atoms with Gasteiger partial charge in [-0.2, -0.15) is 9.40 Å². The summed E-state index contributed by atoms with van der Waals surface area (Å²) in [5.41, 5.74) is 2.46. The number of hydrogen-bond donors (Lipinski definition) is 2. The van der Waals surface area contributed by atoms with Crippen molar-refractivity contribution in [1.29, 1.82) is 0 Å². The zero-order valence-corrected chi connectivity index (χ0v) is 16.4. The Morgan fingerprint density at radius 3 is 2.74 bits per heavy atom. The van der Waals surface area contributed by atoms with Crippen molar-refractivity contribution in [3.05, 3.63) is 35.5 Å². The van der Waals surface area contributed by atoms with E-state index in [4.69, 9.17) is 4.52 Å². The first kappa shape index (κ1) is 19.4. The van der Waals surface area contributed by atoms with Crippen LogP contribution < -0.4 is 5.32 Å². The van der Waals surface area contributed by atoms with Crippen LogP contribution in [0.3, 0.4) is 0 Å². The SMILES string of the molecule is CCNC(=NCc1cn[nH]c1C)N1CCN(S(=O)(=O)Cc2ccon2)CC1. The van der Waals surface area contributed by atoms with E-state index in [2.05, 4.69) is 30.6 Å². The largest absolute Gasteiger partial charge is 0.364 e. The van der Waals surface area contributed by atoms with Crippen molar-refractivity contribution in [3.63, 3.8) is 0 Å². The summed E-state index contributed by atoms with van der Waals surface area (Å²) in [7, 11) is -3.41. The number of aromatic amines is 1. The number of guanidine groups is 1. The van der Waals surface area contributed by atoms with Crippen molar-refractivity contribution < 1.29 is 12.9 Å². The van der Waals surface area contributed by atoms with Gasteiger partial charge in [0.1, 0.15) is 12.0 Å². The lowest BCUT2D eigenvalue weighted by molar-refractivity contribution is 0.259. The summed E-state index contributed by atoms with van der Waals surface area (Å²) < 4.78 is 31.3. The van der Waals surface area contributed by atoms with Gasteiger partial charge in [-0.05, 0) is 13.8 Å². The molecule has 2 N–H and O–H groups in total. The number of nitrogens with zero attached hydrogens (tertiary/aromatic N) is 5. The summed E-state index contributed by atoms with van der Waals surface area (Å²) in [6, 6.07) is 1.57. The first-order chi connectivity index (χ1) is 13.0. The van der Waals surface area contributed by atoms with E-state index in [1.807, 2.05) is 13.8 Å². The molecule has 0 saturated carbocycles. The number of sulfonamides is 1. The second kappa shape index (κ2) is 8.53. The van der Waals surface area contributed by atoms with Gasteiger partial charge in [0, 0.05) is 50.0 Å². The lowest BCUT2D eigenvalue weighted by Gasteiger charge is -2.35. The van der Waals surface area contributed by atoms with Crippen molar-refractivity contribution in [2.45, 2.75) is 26.1 Å². The second-order valence-corrected chi connectivity index (χ2v) is 8.29. The van der Waals surface area contributed by atoms with Crippen LogP contribution in [0.5, 0.6) is 0 Å². The van der Waals surface area contributed by atoms with E-state index < -0.39 is 10.0 Å². The fourth-order valence-corrected chi connectivity index (χ4v) is 4.31. The van der Waals surface area contributed by atoms with Crippen LogP contribution in [0.1, 0.15) is 23.9 Å². The third kappa shape index (κ3) is 4.86. The Kier molecular flexibility index (Phi) is 6.11. The molecule has 1 aliphatic heterocycles. The smallest absolute Gasteiger partial charge is 0.220 e. The highest BCUT2D eigenvalue weighted by atomic mass is 32.2. The summed E-state index contributed by atoms with van der Waals surface area (Å²) >= 11 is 0. The molecule has 2 aromatic rings. The van der Waals surface area contributed by atoms with Gasteiger partial charge in [-0.3, -0.25) is 5.10 Å². The Morgan fingerprint density at radius 2 is 2.15 bits per heavy atom. The van der Waals surface area contributed by atoms with E-state index in [9.17, 15) is 8.42 Å². The number of H-pyrrole nitrogens is 1. The molecule has 0 atom stereocenters. The molecule has 1 saturated heterocycles. The monoisotopic (exact) mass is 395 g/mol. The molecule has 3 rings (SSSR count). The van der Waals surface area contributed by atoms with Crippen LogP contribution in [0.4, 0.5) is 0 Å². The highest BCUT2D eigenvalue weighted by molar-refractivity contribution is 7.88. The third-order valence-corrected chi connectivity index (χ3v) is 6.23. The van der Waals surface area contributed by atoms with Gasteiger partial charge in [-0.15, -0.1) is 0 Å². The topological polar surface area (TPSA) is 120 Å². The molecule has 0 aliphatic carbocycles. The molecule has 0 aromatic carbocycles. The van der Waals surface area contributed by atoms with Gasteiger partial charge in [0.2, 0.25) is 10.0 Å². The van der Waals surface area contributed by atoms with Crippen LogP contribution in [0, 0.1) is 6.92 Å². The Hall–Kier alpha value is -2.40. The molecule has 27 heavy (non-hydrogen) atoms. The lowest BCUT2D eigenvalue weighted by atomic mass is 10.3. The summed E-state index contributed by atoms with van der Waals surface area (Å²) in [6.45, 7) is 7.22. The molecule has 0 unspecified atom stereocenters. The zero-order valence-electron chi connectivity index (χ0n) is 15.6. The van der Waals surface area contributed by atoms with Gasteiger partial charge in [-0.25, -0.2) is 13.4 Å². The number of hydrogen-bond acceptors (Lipinski definition) is 6. The normalized spacial score (nSPS) is 16.7. The molecule has 11 heteroatoms. The van der Waals surface area contributed by atoms with Crippen LogP contribution in [-0.2, 0) is 22.3 Å². The number of aryl methyl sites for hydroxylation is 1. The molecule has 10 nitrogen and oxygen atoms in total. The second-order valence-electron chi connectivity index (χ2n) is 6.32. The van der Waals surface area contributed by atoms with Crippen LogP contribution >= 0.6 is 0 Å². The molecule has 0 radical (unpaired) electrons. The van der Waals surface area contributed by atoms with E-state index in [0.29, 0.717) is 38.4 Å². The fraction of sp³-hybridized carbons (Fsp3) is 0.562. The number of nitrogens with one attached hydrogen (secondary N) is 2. The van der Waals surface area contributed by atoms with E-state index in [1.165, 1.54) is 10.6 Å². The van der Waals surface area contributed by atoms with Crippen LogP contribution in [-0.4, -0.2) is 71.7 Å². The molecule has 1 aliphatic rings.